The first-order valence-corrected chi connectivity index (χ1v) is 10.5. The number of nitrogens with one attached hydrogen (secondary N) is 1. The molecule has 0 radical (unpaired) electrons. The number of benzene rings is 1. The molecule has 1 aromatic carbocycles. The molecule has 4 rings (SSSR count). The van der Waals surface area contributed by atoms with Crippen LogP contribution < -0.4 is 10.1 Å². The molecule has 2 heterocycles. The lowest BCUT2D eigenvalue weighted by Crippen LogP contribution is -2.41. The van der Waals surface area contributed by atoms with Crippen molar-refractivity contribution in [1.29, 1.82) is 0 Å². The van der Waals surface area contributed by atoms with E-state index in [2.05, 4.69) is 39.7 Å². The maximum absolute atomic E-state index is 11.8. The van der Waals surface area contributed by atoms with Crippen molar-refractivity contribution in [2.45, 2.75) is 44.2 Å². The number of aryl methyl sites for hydroxylation is 1. The molecule has 1 N–H and O–H groups in total. The molecule has 1 saturated carbocycles. The fourth-order valence-electron chi connectivity index (χ4n) is 4.31. The summed E-state index contributed by atoms with van der Waals surface area (Å²) in [5, 5.41) is 7.80. The number of hydrogen-bond acceptors (Lipinski definition) is 6. The molecule has 0 amide bonds. The summed E-state index contributed by atoms with van der Waals surface area (Å²) in [6.07, 6.45) is 7.95. The quantitative estimate of drug-likeness (QED) is 0.603. The third-order valence-corrected chi connectivity index (χ3v) is 5.80. The Hall–Kier alpha value is -3.35. The first-order valence-electron chi connectivity index (χ1n) is 10.5. The Morgan fingerprint density at radius 3 is 2.65 bits per heavy atom. The Labute approximate surface area is 182 Å². The molecule has 0 bridgehead atoms. The number of aromatic nitrogens is 3. The number of carbonyl (C=O) groups excluding carboxylic acids is 1. The first kappa shape index (κ1) is 20.9. The van der Waals surface area contributed by atoms with Crippen molar-refractivity contribution >= 4 is 11.7 Å². The van der Waals surface area contributed by atoms with Gasteiger partial charge in [0.2, 0.25) is 5.88 Å². The van der Waals surface area contributed by atoms with Gasteiger partial charge in [-0.05, 0) is 36.8 Å². The Bertz CT molecular complexity index is 1030. The predicted octanol–water partition coefficient (Wildman–Crippen LogP) is 4.17. The number of esters is 1. The molecule has 0 spiro atoms. The van der Waals surface area contributed by atoms with Crippen LogP contribution >= 0.6 is 0 Å². The predicted molar refractivity (Wildman–Crippen MR) is 119 cm³/mol. The Balaban J connectivity index is 1.57. The van der Waals surface area contributed by atoms with E-state index < -0.39 is 0 Å². The van der Waals surface area contributed by atoms with Gasteiger partial charge < -0.3 is 14.8 Å². The largest absolute Gasteiger partial charge is 0.480 e. The zero-order chi connectivity index (χ0) is 21.8. The van der Waals surface area contributed by atoms with Crippen LogP contribution in [0.15, 0.2) is 55.0 Å². The highest BCUT2D eigenvalue weighted by atomic mass is 16.5. The summed E-state index contributed by atoms with van der Waals surface area (Å²) >= 11 is 0. The molecule has 0 saturated heterocycles. The molecule has 0 aliphatic heterocycles. The van der Waals surface area contributed by atoms with Gasteiger partial charge in [-0.2, -0.15) is 5.10 Å². The van der Waals surface area contributed by atoms with Crippen LogP contribution in [0.2, 0.25) is 0 Å². The number of hydrogen-bond donors (Lipinski definition) is 1. The fourth-order valence-corrected chi connectivity index (χ4v) is 4.31. The lowest BCUT2D eigenvalue weighted by molar-refractivity contribution is -0.148. The van der Waals surface area contributed by atoms with Gasteiger partial charge in [-0.15, -0.1) is 0 Å². The molecule has 7 heteroatoms. The van der Waals surface area contributed by atoms with Gasteiger partial charge in [-0.25, -0.2) is 4.98 Å². The van der Waals surface area contributed by atoms with Crippen LogP contribution in [0.4, 0.5) is 5.69 Å². The van der Waals surface area contributed by atoms with Crippen molar-refractivity contribution in [2.75, 3.05) is 12.4 Å². The van der Waals surface area contributed by atoms with E-state index in [4.69, 9.17) is 9.47 Å². The second kappa shape index (κ2) is 9.20. The molecule has 1 aliphatic carbocycles. The minimum atomic E-state index is -0.264. The summed E-state index contributed by atoms with van der Waals surface area (Å²) in [6.45, 7) is 1.47. The first-order chi connectivity index (χ1) is 15.0. The molecule has 31 heavy (non-hydrogen) atoms. The Morgan fingerprint density at radius 1 is 1.16 bits per heavy atom. The van der Waals surface area contributed by atoms with E-state index in [1.165, 1.54) is 12.5 Å². The van der Waals surface area contributed by atoms with Crippen molar-refractivity contribution in [2.24, 2.45) is 7.05 Å². The summed E-state index contributed by atoms with van der Waals surface area (Å²) in [4.78, 5) is 16.3. The molecule has 3 unspecified atom stereocenters. The number of carbonyl (C=O) groups is 1. The van der Waals surface area contributed by atoms with Crippen LogP contribution in [0.25, 0.3) is 11.1 Å². The lowest BCUT2D eigenvalue weighted by atomic mass is 9.80. The minimum Gasteiger partial charge on any atom is -0.480 e. The molecular formula is C24H28N4O3. The van der Waals surface area contributed by atoms with Gasteiger partial charge in [0.25, 0.3) is 0 Å². The van der Waals surface area contributed by atoms with Crippen LogP contribution in [0.1, 0.15) is 37.7 Å². The molecule has 3 atom stereocenters. The molecule has 1 fully saturated rings. The van der Waals surface area contributed by atoms with Gasteiger partial charge in [0.1, 0.15) is 6.10 Å². The third-order valence-electron chi connectivity index (χ3n) is 5.80. The van der Waals surface area contributed by atoms with Crippen molar-refractivity contribution in [3.63, 3.8) is 0 Å². The zero-order valence-electron chi connectivity index (χ0n) is 18.1. The van der Waals surface area contributed by atoms with E-state index >= 15 is 0 Å². The summed E-state index contributed by atoms with van der Waals surface area (Å²) in [6, 6.07) is 12.4. The smallest absolute Gasteiger partial charge is 0.302 e. The van der Waals surface area contributed by atoms with Gasteiger partial charge in [0.15, 0.2) is 0 Å². The highest BCUT2D eigenvalue weighted by molar-refractivity contribution is 5.69. The normalized spacial score (nSPS) is 20.8. The SMILES string of the molecule is COc1ncc(-c2cnn(C)c2)cc1NC1CCC(c2ccccc2)CC1OC(C)=O. The second-order valence-corrected chi connectivity index (χ2v) is 8.00. The van der Waals surface area contributed by atoms with Crippen LogP contribution in [0.5, 0.6) is 5.88 Å². The maximum atomic E-state index is 11.8. The summed E-state index contributed by atoms with van der Waals surface area (Å²) < 4.78 is 13.0. The summed E-state index contributed by atoms with van der Waals surface area (Å²) in [5.41, 5.74) is 3.99. The average molecular weight is 421 g/mol. The van der Waals surface area contributed by atoms with Crippen molar-refractivity contribution in [1.82, 2.24) is 14.8 Å². The van der Waals surface area contributed by atoms with E-state index in [0.29, 0.717) is 11.8 Å². The van der Waals surface area contributed by atoms with Gasteiger partial charge in [0, 0.05) is 37.5 Å². The second-order valence-electron chi connectivity index (χ2n) is 8.00. The van der Waals surface area contributed by atoms with Gasteiger partial charge in [0.05, 0.1) is 25.0 Å². The van der Waals surface area contributed by atoms with E-state index in [1.54, 1.807) is 24.2 Å². The molecule has 162 valence electrons. The summed E-state index contributed by atoms with van der Waals surface area (Å²) in [7, 11) is 3.49. The molecule has 3 aromatic rings. The average Bonchev–Trinajstić information content (AvgIpc) is 3.21. The number of ether oxygens (including phenoxy) is 2. The van der Waals surface area contributed by atoms with Crippen LogP contribution in [-0.4, -0.2) is 40.0 Å². The van der Waals surface area contributed by atoms with Crippen LogP contribution in [-0.2, 0) is 16.6 Å². The number of rotatable bonds is 6. The van der Waals surface area contributed by atoms with E-state index in [-0.39, 0.29) is 18.1 Å². The van der Waals surface area contributed by atoms with Gasteiger partial charge in [-0.3, -0.25) is 9.48 Å². The maximum Gasteiger partial charge on any atom is 0.302 e. The Morgan fingerprint density at radius 2 is 1.97 bits per heavy atom. The number of nitrogens with zero attached hydrogens (tertiary/aromatic N) is 3. The van der Waals surface area contributed by atoms with E-state index in [0.717, 1.165) is 36.1 Å². The minimum absolute atomic E-state index is 0.0243. The number of anilines is 1. The van der Waals surface area contributed by atoms with Gasteiger partial charge in [-0.1, -0.05) is 30.3 Å². The van der Waals surface area contributed by atoms with E-state index in [1.807, 2.05) is 25.4 Å². The molecule has 2 aromatic heterocycles. The summed E-state index contributed by atoms with van der Waals surface area (Å²) in [5.74, 6) is 0.615. The van der Waals surface area contributed by atoms with Crippen LogP contribution in [0, 0.1) is 0 Å². The molecule has 1 aliphatic rings. The van der Waals surface area contributed by atoms with Crippen molar-refractivity contribution in [3.05, 3.63) is 60.6 Å². The highest BCUT2D eigenvalue weighted by Crippen LogP contribution is 2.37. The van der Waals surface area contributed by atoms with E-state index in [9.17, 15) is 4.79 Å². The van der Waals surface area contributed by atoms with Crippen molar-refractivity contribution < 1.29 is 14.3 Å². The number of methoxy groups -OCH3 is 1. The topological polar surface area (TPSA) is 78.3 Å². The molecular weight excluding hydrogens is 392 g/mol. The standard InChI is InChI=1S/C24H28N4O3/c1-16(29)31-23-12-18(17-7-5-4-6-8-17)9-10-21(23)27-22-11-19(13-25-24(22)30-3)20-14-26-28(2)15-20/h4-8,11,13-15,18,21,23,27H,9-10,12H2,1-3H3. The number of pyridine rings is 1. The lowest BCUT2D eigenvalue weighted by Gasteiger charge is -2.36. The third kappa shape index (κ3) is 4.87. The highest BCUT2D eigenvalue weighted by Gasteiger charge is 2.34. The fraction of sp³-hybridized carbons (Fsp3) is 0.375. The van der Waals surface area contributed by atoms with Gasteiger partial charge >= 0.3 is 5.97 Å². The van der Waals surface area contributed by atoms with Crippen molar-refractivity contribution in [3.8, 4) is 17.0 Å². The molecule has 7 nitrogen and oxygen atoms in total. The zero-order valence-corrected chi connectivity index (χ0v) is 18.1. The monoisotopic (exact) mass is 420 g/mol. The Kier molecular flexibility index (Phi) is 6.21. The van der Waals surface area contributed by atoms with Crippen LogP contribution in [0.3, 0.4) is 0 Å².